The van der Waals surface area contributed by atoms with Crippen LogP contribution in [0.15, 0.2) is 41.5 Å². The summed E-state index contributed by atoms with van der Waals surface area (Å²) < 4.78 is 21.1. The van der Waals surface area contributed by atoms with Gasteiger partial charge in [0.25, 0.3) is 5.96 Å². The molecule has 0 aromatic heterocycles. The molecule has 2 rings (SSSR count). The summed E-state index contributed by atoms with van der Waals surface area (Å²) in [5.74, 6) is 0.836. The molecular weight excluding hydrogens is 352 g/mol. The lowest BCUT2D eigenvalue weighted by atomic mass is 10.2. The van der Waals surface area contributed by atoms with Crippen molar-refractivity contribution in [3.05, 3.63) is 47.5 Å². The van der Waals surface area contributed by atoms with Crippen LogP contribution in [0, 0.1) is 0 Å². The lowest BCUT2D eigenvalue weighted by molar-refractivity contribution is -0.456. The molecule has 5 N–H and O–H groups in total. The summed E-state index contributed by atoms with van der Waals surface area (Å²) in [7, 11) is 4.43. The molecule has 0 bridgehead atoms. The number of carbonyl (C=O) groups is 1. The van der Waals surface area contributed by atoms with Gasteiger partial charge in [-0.2, -0.15) is 0 Å². The van der Waals surface area contributed by atoms with E-state index in [0.717, 1.165) is 5.56 Å². The first-order valence-corrected chi connectivity index (χ1v) is 7.78. The molecule has 0 aliphatic carbocycles. The summed E-state index contributed by atoms with van der Waals surface area (Å²) in [6.07, 6.45) is 1.59. The van der Waals surface area contributed by atoms with Gasteiger partial charge in [0.1, 0.15) is 5.75 Å². The summed E-state index contributed by atoms with van der Waals surface area (Å²) in [5.41, 5.74) is 11.5. The van der Waals surface area contributed by atoms with Crippen molar-refractivity contribution in [2.24, 2.45) is 16.6 Å². The number of esters is 1. The number of methoxy groups -OCH3 is 3. The Kier molecular flexibility index (Phi) is 6.59. The topological polar surface area (TPSA) is 132 Å². The fraction of sp³-hybridized carbons (Fsp3) is 0.167. The second-order valence-electron chi connectivity index (χ2n) is 5.18. The van der Waals surface area contributed by atoms with Crippen molar-refractivity contribution in [3.63, 3.8) is 0 Å². The molecule has 0 atom stereocenters. The van der Waals surface area contributed by atoms with Gasteiger partial charge in [-0.1, -0.05) is 0 Å². The van der Waals surface area contributed by atoms with Crippen molar-refractivity contribution in [3.8, 4) is 23.0 Å². The molecule has 0 amide bonds. The number of rotatable bonds is 7. The Labute approximate surface area is 156 Å². The first-order valence-electron chi connectivity index (χ1n) is 7.78. The van der Waals surface area contributed by atoms with E-state index in [9.17, 15) is 4.79 Å². The average Bonchev–Trinajstić information content (AvgIpc) is 2.67. The monoisotopic (exact) mass is 373 g/mol. The molecule has 0 unspecified atom stereocenters. The Morgan fingerprint density at radius 1 is 1.00 bits per heavy atom. The van der Waals surface area contributed by atoms with Crippen LogP contribution < -0.4 is 35.5 Å². The Morgan fingerprint density at radius 2 is 1.59 bits per heavy atom. The third-order valence-electron chi connectivity index (χ3n) is 3.42. The van der Waals surface area contributed by atoms with Gasteiger partial charge in [-0.25, -0.2) is 4.79 Å². The third-order valence-corrected chi connectivity index (χ3v) is 3.42. The highest BCUT2D eigenvalue weighted by molar-refractivity contribution is 5.92. The van der Waals surface area contributed by atoms with Crippen LogP contribution in [0.25, 0.3) is 0 Å². The smallest absolute Gasteiger partial charge is 0.343 e. The first kappa shape index (κ1) is 19.6. The van der Waals surface area contributed by atoms with Crippen LogP contribution in [0.4, 0.5) is 0 Å². The number of benzene rings is 2. The lowest BCUT2D eigenvalue weighted by Crippen LogP contribution is -2.63. The Bertz CT molecular complexity index is 834. The van der Waals surface area contributed by atoms with Gasteiger partial charge in [-0.05, 0) is 36.4 Å². The number of hydrogen-bond acceptors (Lipinski definition) is 6. The maximum atomic E-state index is 12.4. The average molecular weight is 373 g/mol. The van der Waals surface area contributed by atoms with Crippen LogP contribution in [-0.4, -0.2) is 39.5 Å². The quantitative estimate of drug-likeness (QED) is 0.198. The van der Waals surface area contributed by atoms with Gasteiger partial charge < -0.3 is 30.4 Å². The van der Waals surface area contributed by atoms with Crippen LogP contribution in [0.1, 0.15) is 15.9 Å². The van der Waals surface area contributed by atoms with Gasteiger partial charge in [-0.15, -0.1) is 5.10 Å². The fourth-order valence-electron chi connectivity index (χ4n) is 2.18. The molecule has 0 spiro atoms. The second kappa shape index (κ2) is 9.09. The molecular formula is C18H21N4O5+. The molecule has 2 aromatic rings. The van der Waals surface area contributed by atoms with E-state index in [1.54, 1.807) is 30.5 Å². The Balaban J connectivity index is 2.17. The largest absolute Gasteiger partial charge is 0.493 e. The third kappa shape index (κ3) is 5.11. The number of carbonyl (C=O) groups excluding carboxylic acids is 1. The van der Waals surface area contributed by atoms with E-state index in [0.29, 0.717) is 23.0 Å². The van der Waals surface area contributed by atoms with E-state index in [1.165, 1.54) is 33.5 Å². The predicted octanol–water partition coefficient (Wildman–Crippen LogP) is -0.380. The number of ether oxygens (including phenoxy) is 4. The summed E-state index contributed by atoms with van der Waals surface area (Å²) in [6, 6.07) is 9.77. The molecule has 27 heavy (non-hydrogen) atoms. The Morgan fingerprint density at radius 3 is 2.07 bits per heavy atom. The van der Waals surface area contributed by atoms with Crippen molar-refractivity contribution in [2.45, 2.75) is 0 Å². The minimum atomic E-state index is -0.565. The van der Waals surface area contributed by atoms with Crippen LogP contribution in [-0.2, 0) is 0 Å². The standard InChI is InChI=1S/C18H20N4O5/c1-24-14-8-12(9-15(25-2)16(14)26-3)17(23)27-13-6-4-11(5-7-13)10-21-22-18(19)20/h4-10H,1-3H3,(H4,19,20,22)/p+1/b21-10+. The zero-order valence-corrected chi connectivity index (χ0v) is 15.2. The van der Waals surface area contributed by atoms with Crippen molar-refractivity contribution < 1.29 is 28.8 Å². The van der Waals surface area contributed by atoms with Gasteiger partial charge in [-0.3, -0.25) is 0 Å². The zero-order valence-electron chi connectivity index (χ0n) is 15.2. The zero-order chi connectivity index (χ0) is 19.8. The highest BCUT2D eigenvalue weighted by atomic mass is 16.5. The number of hydrogen-bond donors (Lipinski definition) is 3. The van der Waals surface area contributed by atoms with Gasteiger partial charge in [0.15, 0.2) is 11.5 Å². The molecule has 9 heteroatoms. The predicted molar refractivity (Wildman–Crippen MR) is 99.4 cm³/mol. The van der Waals surface area contributed by atoms with Gasteiger partial charge in [0.2, 0.25) is 12.0 Å². The number of hydrazone groups is 1. The van der Waals surface area contributed by atoms with Crippen LogP contribution in [0.3, 0.4) is 0 Å². The molecule has 9 nitrogen and oxygen atoms in total. The van der Waals surface area contributed by atoms with Crippen molar-refractivity contribution in [2.75, 3.05) is 21.3 Å². The van der Waals surface area contributed by atoms with Gasteiger partial charge in [0.05, 0.1) is 26.9 Å². The molecule has 0 saturated heterocycles. The summed E-state index contributed by atoms with van der Waals surface area (Å²) in [5, 5.41) is 6.21. The normalized spacial score (nSPS) is 10.3. The molecule has 0 heterocycles. The summed E-state index contributed by atoms with van der Waals surface area (Å²) in [4.78, 5) is 12.4. The summed E-state index contributed by atoms with van der Waals surface area (Å²) >= 11 is 0. The van der Waals surface area contributed by atoms with Crippen LogP contribution >= 0.6 is 0 Å². The van der Waals surface area contributed by atoms with Crippen LogP contribution in [0.2, 0.25) is 0 Å². The number of nitrogens with zero attached hydrogens (tertiary/aromatic N) is 1. The van der Waals surface area contributed by atoms with E-state index in [4.69, 9.17) is 30.4 Å². The maximum Gasteiger partial charge on any atom is 0.343 e. The van der Waals surface area contributed by atoms with E-state index in [2.05, 4.69) is 10.2 Å². The molecule has 142 valence electrons. The molecule has 0 radical (unpaired) electrons. The minimum Gasteiger partial charge on any atom is -0.493 e. The molecule has 0 aliphatic heterocycles. The van der Waals surface area contributed by atoms with Gasteiger partial charge >= 0.3 is 5.97 Å². The SMILES string of the molecule is COc1cc(C(=O)Oc2ccc(/C=[NH+]/N=C(N)N)cc2)cc(OC)c1OC. The lowest BCUT2D eigenvalue weighted by Gasteiger charge is -2.13. The molecule has 0 fully saturated rings. The van der Waals surface area contributed by atoms with Crippen molar-refractivity contribution in [1.29, 1.82) is 0 Å². The molecule has 0 aliphatic rings. The van der Waals surface area contributed by atoms with E-state index >= 15 is 0 Å². The number of nitrogens with one attached hydrogen (secondary N) is 1. The summed E-state index contributed by atoms with van der Waals surface area (Å²) in [6.45, 7) is 0. The number of guanidine groups is 1. The van der Waals surface area contributed by atoms with E-state index in [-0.39, 0.29) is 11.5 Å². The first-order chi connectivity index (χ1) is 13.0. The highest BCUT2D eigenvalue weighted by Crippen LogP contribution is 2.38. The van der Waals surface area contributed by atoms with Crippen molar-refractivity contribution in [1.82, 2.24) is 0 Å². The highest BCUT2D eigenvalue weighted by Gasteiger charge is 2.18. The fourth-order valence-corrected chi connectivity index (χ4v) is 2.18. The van der Waals surface area contributed by atoms with E-state index < -0.39 is 5.97 Å². The maximum absolute atomic E-state index is 12.4. The molecule has 2 aromatic carbocycles. The number of nitrogens with two attached hydrogens (primary N) is 2. The Hall–Kier alpha value is -3.75. The minimum absolute atomic E-state index is 0.0813. The van der Waals surface area contributed by atoms with E-state index in [1.807, 2.05) is 0 Å². The second-order valence-corrected chi connectivity index (χ2v) is 5.18. The van der Waals surface area contributed by atoms with Gasteiger partial charge in [0, 0.05) is 10.7 Å². The molecule has 0 saturated carbocycles. The van der Waals surface area contributed by atoms with Crippen molar-refractivity contribution >= 4 is 18.1 Å². The van der Waals surface area contributed by atoms with Crippen LogP contribution in [0.5, 0.6) is 23.0 Å².